The molecule has 2 rings (SSSR count). The van der Waals surface area contributed by atoms with Gasteiger partial charge in [0, 0.05) is 24.4 Å². The summed E-state index contributed by atoms with van der Waals surface area (Å²) in [5.41, 5.74) is 8.24. The van der Waals surface area contributed by atoms with Crippen molar-refractivity contribution < 1.29 is 9.59 Å². The van der Waals surface area contributed by atoms with Gasteiger partial charge in [-0.2, -0.15) is 0 Å². The highest BCUT2D eigenvalue weighted by Crippen LogP contribution is 2.32. The molecule has 7 nitrogen and oxygen atoms in total. The minimum atomic E-state index is -0.101. The van der Waals surface area contributed by atoms with E-state index in [0.29, 0.717) is 29.3 Å². The number of thiazole rings is 1. The van der Waals surface area contributed by atoms with Crippen molar-refractivity contribution in [2.45, 2.75) is 6.42 Å². The molecule has 1 amide bonds. The molecule has 0 radical (unpaired) electrons. The van der Waals surface area contributed by atoms with Crippen molar-refractivity contribution in [2.24, 2.45) is 11.0 Å². The zero-order valence-electron chi connectivity index (χ0n) is 9.11. The molecular weight excluding hydrogens is 278 g/mol. The summed E-state index contributed by atoms with van der Waals surface area (Å²) in [5.74, 6) is -0.119. The number of anilines is 1. The minimum Gasteiger partial charge on any atom is -0.297 e. The van der Waals surface area contributed by atoms with Crippen LogP contribution in [0.2, 0.25) is 5.15 Å². The molecule has 1 fully saturated rings. The Labute approximate surface area is 111 Å². The van der Waals surface area contributed by atoms with E-state index >= 15 is 0 Å². The van der Waals surface area contributed by atoms with Gasteiger partial charge in [0.05, 0.1) is 0 Å². The van der Waals surface area contributed by atoms with Crippen molar-refractivity contribution in [3.63, 3.8) is 0 Å². The number of carbonyl (C=O) groups is 2. The molecule has 0 N–H and O–H groups in total. The van der Waals surface area contributed by atoms with Crippen LogP contribution < -0.4 is 4.90 Å². The molecule has 1 unspecified atom stereocenters. The summed E-state index contributed by atoms with van der Waals surface area (Å²) >= 11 is 6.83. The van der Waals surface area contributed by atoms with Gasteiger partial charge in [-0.3, -0.25) is 14.5 Å². The molecule has 0 bridgehead atoms. The second kappa shape index (κ2) is 5.34. The Bertz CT molecular complexity index is 539. The van der Waals surface area contributed by atoms with Crippen LogP contribution in [0, 0.1) is 5.92 Å². The average Bonchev–Trinajstić information content (AvgIpc) is 2.89. The molecule has 0 spiro atoms. The summed E-state index contributed by atoms with van der Waals surface area (Å²) in [6.45, 7) is 0.707. The zero-order valence-corrected chi connectivity index (χ0v) is 10.7. The Morgan fingerprint density at radius 2 is 2.50 bits per heavy atom. The van der Waals surface area contributed by atoms with Crippen molar-refractivity contribution >= 4 is 40.3 Å². The van der Waals surface area contributed by atoms with Crippen molar-refractivity contribution in [1.82, 2.24) is 4.98 Å². The van der Waals surface area contributed by atoms with Gasteiger partial charge in [-0.1, -0.05) is 28.1 Å². The second-order valence-electron chi connectivity index (χ2n) is 3.76. The fourth-order valence-corrected chi connectivity index (χ4v) is 2.82. The lowest BCUT2D eigenvalue weighted by Gasteiger charge is -2.11. The number of aromatic nitrogens is 1. The first-order chi connectivity index (χ1) is 8.65. The first kappa shape index (κ1) is 12.8. The Morgan fingerprint density at radius 3 is 3.11 bits per heavy atom. The van der Waals surface area contributed by atoms with Crippen molar-refractivity contribution in [3.8, 4) is 0 Å². The van der Waals surface area contributed by atoms with Gasteiger partial charge in [-0.25, -0.2) is 4.98 Å². The number of hydrogen-bond donors (Lipinski definition) is 0. The lowest BCUT2D eigenvalue weighted by atomic mass is 10.1. The summed E-state index contributed by atoms with van der Waals surface area (Å²) in [4.78, 5) is 30.9. The molecule has 1 aliphatic rings. The predicted molar refractivity (Wildman–Crippen MR) is 67.0 cm³/mol. The maximum absolute atomic E-state index is 11.8. The van der Waals surface area contributed by atoms with Crippen molar-refractivity contribution in [1.29, 1.82) is 0 Å². The molecule has 18 heavy (non-hydrogen) atoms. The van der Waals surface area contributed by atoms with Gasteiger partial charge < -0.3 is 0 Å². The third-order valence-electron chi connectivity index (χ3n) is 2.54. The monoisotopic (exact) mass is 285 g/mol. The number of azide groups is 1. The van der Waals surface area contributed by atoms with Crippen LogP contribution in [0.25, 0.3) is 10.4 Å². The molecule has 1 aromatic rings. The number of halogens is 1. The van der Waals surface area contributed by atoms with Gasteiger partial charge in [-0.05, 0) is 11.4 Å². The maximum atomic E-state index is 11.8. The maximum Gasteiger partial charge on any atom is 0.229 e. The van der Waals surface area contributed by atoms with Gasteiger partial charge in [0.1, 0.15) is 4.88 Å². The number of hydrogen-bond acceptors (Lipinski definition) is 5. The van der Waals surface area contributed by atoms with E-state index in [-0.39, 0.29) is 23.5 Å². The lowest BCUT2D eigenvalue weighted by molar-refractivity contribution is -0.117. The molecule has 0 aromatic carbocycles. The third-order valence-corrected chi connectivity index (χ3v) is 3.95. The highest BCUT2D eigenvalue weighted by atomic mass is 35.5. The quantitative estimate of drug-likeness (QED) is 0.367. The van der Waals surface area contributed by atoms with Crippen LogP contribution in [-0.4, -0.2) is 30.3 Å². The number of amides is 1. The summed E-state index contributed by atoms with van der Waals surface area (Å²) in [6.07, 6.45) is 0.925. The zero-order chi connectivity index (χ0) is 13.1. The van der Waals surface area contributed by atoms with Crippen LogP contribution >= 0.6 is 22.9 Å². The van der Waals surface area contributed by atoms with Gasteiger partial charge in [0.25, 0.3) is 0 Å². The lowest BCUT2D eigenvalue weighted by Crippen LogP contribution is -2.24. The van der Waals surface area contributed by atoms with Gasteiger partial charge in [-0.15, -0.1) is 0 Å². The number of carbonyl (C=O) groups excluding carboxylic acids is 2. The van der Waals surface area contributed by atoms with Gasteiger partial charge in [0.15, 0.2) is 16.6 Å². The van der Waals surface area contributed by atoms with Crippen LogP contribution in [0.1, 0.15) is 16.1 Å². The van der Waals surface area contributed by atoms with E-state index < -0.39 is 0 Å². The van der Waals surface area contributed by atoms with E-state index in [9.17, 15) is 9.59 Å². The molecule has 9 heteroatoms. The largest absolute Gasteiger partial charge is 0.297 e. The van der Waals surface area contributed by atoms with E-state index in [4.69, 9.17) is 17.1 Å². The van der Waals surface area contributed by atoms with E-state index in [1.807, 2.05) is 0 Å². The fourth-order valence-electron chi connectivity index (χ4n) is 1.73. The van der Waals surface area contributed by atoms with Crippen LogP contribution in [0.3, 0.4) is 0 Å². The third kappa shape index (κ3) is 2.45. The molecule has 0 saturated carbocycles. The fraction of sp³-hybridized carbons (Fsp3) is 0.444. The summed E-state index contributed by atoms with van der Waals surface area (Å²) in [5, 5.41) is 3.98. The van der Waals surface area contributed by atoms with Crippen LogP contribution in [0.4, 0.5) is 5.13 Å². The molecule has 1 aliphatic heterocycles. The van der Waals surface area contributed by atoms with E-state index in [2.05, 4.69) is 15.0 Å². The van der Waals surface area contributed by atoms with E-state index in [0.717, 1.165) is 11.3 Å². The summed E-state index contributed by atoms with van der Waals surface area (Å²) in [6, 6.07) is 0. The highest BCUT2D eigenvalue weighted by Gasteiger charge is 2.32. The normalized spacial score (nSPS) is 18.8. The van der Waals surface area contributed by atoms with Crippen LogP contribution in [0.15, 0.2) is 5.11 Å². The molecule has 1 aromatic heterocycles. The highest BCUT2D eigenvalue weighted by molar-refractivity contribution is 7.17. The van der Waals surface area contributed by atoms with E-state index in [1.165, 1.54) is 4.90 Å². The van der Waals surface area contributed by atoms with Gasteiger partial charge >= 0.3 is 0 Å². The predicted octanol–water partition coefficient (Wildman–Crippen LogP) is 2.27. The van der Waals surface area contributed by atoms with Crippen LogP contribution in [-0.2, 0) is 4.79 Å². The molecule has 0 aliphatic carbocycles. The minimum absolute atomic E-state index is 0.0178. The van der Waals surface area contributed by atoms with E-state index in [1.54, 1.807) is 0 Å². The first-order valence-electron chi connectivity index (χ1n) is 5.08. The molecule has 1 saturated heterocycles. The smallest absolute Gasteiger partial charge is 0.229 e. The van der Waals surface area contributed by atoms with Crippen molar-refractivity contribution in [3.05, 3.63) is 20.5 Å². The second-order valence-corrected chi connectivity index (χ2v) is 5.12. The number of aldehydes is 1. The molecule has 1 atom stereocenters. The molecular formula is C9H8ClN5O2S. The Hall–Kier alpha value is -1.63. The van der Waals surface area contributed by atoms with Crippen LogP contribution in [0.5, 0.6) is 0 Å². The topological polar surface area (TPSA) is 99.0 Å². The summed E-state index contributed by atoms with van der Waals surface area (Å²) < 4.78 is 0. The number of nitrogens with zero attached hydrogens (tertiary/aromatic N) is 5. The number of rotatable bonds is 4. The molecule has 2 heterocycles. The summed E-state index contributed by atoms with van der Waals surface area (Å²) in [7, 11) is 0. The SMILES string of the molecule is [N-]=[N+]=NCC1CC(=O)N(c2nc(Cl)c(C=O)s2)C1. The van der Waals surface area contributed by atoms with Gasteiger partial charge in [0.2, 0.25) is 5.91 Å². The standard InChI is InChI=1S/C9H8ClN5O2S/c10-8-6(4-16)18-9(13-8)15-3-5(1-7(15)17)2-12-14-11/h4-5H,1-3H2. The Kier molecular flexibility index (Phi) is 3.81. The van der Waals surface area contributed by atoms with Crippen molar-refractivity contribution in [2.75, 3.05) is 18.0 Å². The average molecular weight is 286 g/mol. The molecule has 94 valence electrons. The Morgan fingerprint density at radius 1 is 1.72 bits per heavy atom. The first-order valence-corrected chi connectivity index (χ1v) is 6.28. The Balaban J connectivity index is 2.15.